The van der Waals surface area contributed by atoms with E-state index in [-0.39, 0.29) is 23.4 Å². The predicted molar refractivity (Wildman–Crippen MR) is 116 cm³/mol. The molecule has 1 heterocycles. The van der Waals surface area contributed by atoms with Crippen LogP contribution in [0.5, 0.6) is 0 Å². The normalized spacial score (nSPS) is 23.0. The van der Waals surface area contributed by atoms with Gasteiger partial charge in [0.1, 0.15) is 0 Å². The minimum atomic E-state index is -0.310. The summed E-state index contributed by atoms with van der Waals surface area (Å²) in [5.74, 6) is 0.461. The number of carbonyl (C=O) groups is 1. The number of halogens is 2. The van der Waals surface area contributed by atoms with Crippen LogP contribution in [0.3, 0.4) is 0 Å². The van der Waals surface area contributed by atoms with E-state index >= 15 is 0 Å². The molecule has 0 saturated heterocycles. The number of amides is 1. The van der Waals surface area contributed by atoms with Crippen LogP contribution in [-0.2, 0) is 0 Å². The standard InChI is InChI=1S/C23H24Cl2N2O/c1-23(2,3)27-22(28)16-10-5-8-14-13-7-4-9-15(13)21(26-20(14)16)19-17(24)11-6-12-18(19)25/h4-8,10-13,15,21,26H,9H2,1-3H3,(H,27,28). The second-order valence-electron chi connectivity index (χ2n) is 8.58. The highest BCUT2D eigenvalue weighted by Gasteiger charge is 2.40. The van der Waals surface area contributed by atoms with Crippen LogP contribution in [0, 0.1) is 5.92 Å². The fourth-order valence-electron chi connectivity index (χ4n) is 4.31. The van der Waals surface area contributed by atoms with Crippen molar-refractivity contribution in [2.24, 2.45) is 5.92 Å². The smallest absolute Gasteiger partial charge is 0.253 e. The minimum absolute atomic E-state index is 0.0581. The number of hydrogen-bond acceptors (Lipinski definition) is 2. The monoisotopic (exact) mass is 414 g/mol. The summed E-state index contributed by atoms with van der Waals surface area (Å²) in [5.41, 5.74) is 3.27. The van der Waals surface area contributed by atoms with Gasteiger partial charge >= 0.3 is 0 Å². The van der Waals surface area contributed by atoms with Crippen LogP contribution in [0.25, 0.3) is 0 Å². The second-order valence-corrected chi connectivity index (χ2v) is 9.40. The Morgan fingerprint density at radius 1 is 1.11 bits per heavy atom. The third kappa shape index (κ3) is 3.42. The van der Waals surface area contributed by atoms with Crippen molar-refractivity contribution in [2.45, 2.75) is 44.7 Å². The van der Waals surface area contributed by atoms with E-state index in [2.05, 4.69) is 28.9 Å². The average molecular weight is 415 g/mol. The summed E-state index contributed by atoms with van der Waals surface area (Å²) in [4.78, 5) is 13.0. The van der Waals surface area contributed by atoms with Crippen molar-refractivity contribution in [3.8, 4) is 0 Å². The molecule has 1 amide bonds. The zero-order chi connectivity index (χ0) is 20.1. The molecule has 2 aromatic rings. The largest absolute Gasteiger partial charge is 0.377 e. The van der Waals surface area contributed by atoms with Gasteiger partial charge in [-0.05, 0) is 56.9 Å². The number of carbonyl (C=O) groups excluding carboxylic acids is 1. The summed E-state index contributed by atoms with van der Waals surface area (Å²) < 4.78 is 0. The number of anilines is 1. The summed E-state index contributed by atoms with van der Waals surface area (Å²) in [6.45, 7) is 5.95. The molecule has 2 aromatic carbocycles. The Morgan fingerprint density at radius 2 is 1.79 bits per heavy atom. The van der Waals surface area contributed by atoms with Gasteiger partial charge in [-0.3, -0.25) is 4.79 Å². The number of benzene rings is 2. The number of fused-ring (bicyclic) bond motifs is 3. The number of para-hydroxylation sites is 1. The summed E-state index contributed by atoms with van der Waals surface area (Å²) in [7, 11) is 0. The van der Waals surface area contributed by atoms with Crippen LogP contribution >= 0.6 is 23.2 Å². The predicted octanol–water partition coefficient (Wildman–Crippen LogP) is 6.35. The van der Waals surface area contributed by atoms with E-state index in [9.17, 15) is 4.79 Å². The molecule has 1 aliphatic carbocycles. The van der Waals surface area contributed by atoms with Crippen LogP contribution in [-0.4, -0.2) is 11.4 Å². The Bertz CT molecular complexity index is 941. The summed E-state index contributed by atoms with van der Waals surface area (Å²) >= 11 is 13.1. The van der Waals surface area contributed by atoms with E-state index < -0.39 is 0 Å². The molecule has 0 fully saturated rings. The molecule has 4 rings (SSSR count). The zero-order valence-corrected chi connectivity index (χ0v) is 17.7. The van der Waals surface area contributed by atoms with Crippen molar-refractivity contribution in [3.05, 3.63) is 75.3 Å². The SMILES string of the molecule is CC(C)(C)NC(=O)c1cccc2c1NC(c1c(Cl)cccc1Cl)C1CC=CC21. The number of hydrogen-bond donors (Lipinski definition) is 2. The van der Waals surface area contributed by atoms with Crippen LogP contribution in [0.15, 0.2) is 48.6 Å². The highest BCUT2D eigenvalue weighted by Crippen LogP contribution is 2.52. The molecule has 5 heteroatoms. The molecule has 0 spiro atoms. The van der Waals surface area contributed by atoms with Gasteiger partial charge in [0, 0.05) is 27.1 Å². The van der Waals surface area contributed by atoms with Crippen LogP contribution in [0.2, 0.25) is 10.0 Å². The molecule has 0 aromatic heterocycles. The first kappa shape index (κ1) is 19.4. The van der Waals surface area contributed by atoms with Crippen molar-refractivity contribution >= 4 is 34.8 Å². The van der Waals surface area contributed by atoms with E-state index in [1.165, 1.54) is 0 Å². The summed E-state index contributed by atoms with van der Waals surface area (Å²) in [6.07, 6.45) is 5.40. The Hall–Kier alpha value is -1.97. The van der Waals surface area contributed by atoms with Gasteiger partial charge in [-0.25, -0.2) is 0 Å². The van der Waals surface area contributed by atoms with Gasteiger partial charge < -0.3 is 10.6 Å². The second kappa shape index (κ2) is 7.13. The van der Waals surface area contributed by atoms with Gasteiger partial charge in [0.2, 0.25) is 0 Å². The molecule has 2 aliphatic rings. The van der Waals surface area contributed by atoms with Gasteiger partial charge in [-0.2, -0.15) is 0 Å². The maximum absolute atomic E-state index is 13.0. The van der Waals surface area contributed by atoms with Crippen molar-refractivity contribution in [2.75, 3.05) is 5.32 Å². The molecule has 3 nitrogen and oxygen atoms in total. The fourth-order valence-corrected chi connectivity index (χ4v) is 4.94. The van der Waals surface area contributed by atoms with Crippen LogP contribution in [0.4, 0.5) is 5.69 Å². The molecular formula is C23H24Cl2N2O. The Balaban J connectivity index is 1.82. The lowest BCUT2D eigenvalue weighted by atomic mass is 9.76. The number of nitrogens with one attached hydrogen (secondary N) is 2. The maximum atomic E-state index is 13.0. The van der Waals surface area contributed by atoms with E-state index in [0.29, 0.717) is 21.5 Å². The lowest BCUT2D eigenvalue weighted by molar-refractivity contribution is 0.0920. The quantitative estimate of drug-likeness (QED) is 0.562. The molecular weight excluding hydrogens is 391 g/mol. The van der Waals surface area contributed by atoms with Gasteiger partial charge in [0.05, 0.1) is 17.3 Å². The van der Waals surface area contributed by atoms with E-state index in [1.54, 1.807) is 0 Å². The van der Waals surface area contributed by atoms with E-state index in [0.717, 1.165) is 23.2 Å². The number of allylic oxidation sites excluding steroid dienone is 2. The first-order valence-electron chi connectivity index (χ1n) is 9.59. The van der Waals surface area contributed by atoms with Gasteiger partial charge in [-0.1, -0.05) is 53.6 Å². The van der Waals surface area contributed by atoms with Crippen molar-refractivity contribution < 1.29 is 4.79 Å². The topological polar surface area (TPSA) is 41.1 Å². The molecule has 146 valence electrons. The van der Waals surface area contributed by atoms with Crippen LogP contribution < -0.4 is 10.6 Å². The number of rotatable bonds is 2. The van der Waals surface area contributed by atoms with Crippen molar-refractivity contribution in [1.29, 1.82) is 0 Å². The Kier molecular flexibility index (Phi) is 4.93. The molecule has 3 unspecified atom stereocenters. The van der Waals surface area contributed by atoms with Crippen LogP contribution in [0.1, 0.15) is 60.6 Å². The minimum Gasteiger partial charge on any atom is -0.377 e. The van der Waals surface area contributed by atoms with Gasteiger partial charge in [0.25, 0.3) is 5.91 Å². The van der Waals surface area contributed by atoms with E-state index in [4.69, 9.17) is 23.2 Å². The molecule has 0 radical (unpaired) electrons. The lowest BCUT2D eigenvalue weighted by Gasteiger charge is -2.39. The fraction of sp³-hybridized carbons (Fsp3) is 0.348. The van der Waals surface area contributed by atoms with Crippen molar-refractivity contribution in [1.82, 2.24) is 5.32 Å². The molecule has 0 saturated carbocycles. The lowest BCUT2D eigenvalue weighted by Crippen LogP contribution is -2.41. The van der Waals surface area contributed by atoms with E-state index in [1.807, 2.05) is 51.1 Å². The van der Waals surface area contributed by atoms with Gasteiger partial charge in [-0.15, -0.1) is 0 Å². The third-order valence-corrected chi connectivity index (χ3v) is 6.10. The first-order chi connectivity index (χ1) is 13.3. The summed E-state index contributed by atoms with van der Waals surface area (Å²) in [5, 5.41) is 8.00. The first-order valence-corrected chi connectivity index (χ1v) is 10.3. The molecule has 3 atom stereocenters. The highest BCUT2D eigenvalue weighted by molar-refractivity contribution is 6.36. The Labute approximate surface area is 176 Å². The molecule has 2 N–H and O–H groups in total. The molecule has 1 aliphatic heterocycles. The van der Waals surface area contributed by atoms with Crippen molar-refractivity contribution in [3.63, 3.8) is 0 Å². The third-order valence-electron chi connectivity index (χ3n) is 5.44. The zero-order valence-electron chi connectivity index (χ0n) is 16.2. The van der Waals surface area contributed by atoms with Gasteiger partial charge in [0.15, 0.2) is 0 Å². The summed E-state index contributed by atoms with van der Waals surface area (Å²) in [6, 6.07) is 11.5. The highest BCUT2D eigenvalue weighted by atomic mass is 35.5. The molecule has 28 heavy (non-hydrogen) atoms. The molecule has 0 bridgehead atoms. The average Bonchev–Trinajstić information content (AvgIpc) is 3.09. The Morgan fingerprint density at radius 3 is 2.46 bits per heavy atom. The maximum Gasteiger partial charge on any atom is 0.253 e.